The van der Waals surface area contributed by atoms with E-state index in [-0.39, 0.29) is 6.42 Å². The van der Waals surface area contributed by atoms with Crippen molar-refractivity contribution in [3.63, 3.8) is 0 Å². The summed E-state index contributed by atoms with van der Waals surface area (Å²) in [5.74, 6) is 0. The number of allylic oxidation sites excluding steroid dienone is 2. The highest BCUT2D eigenvalue weighted by atomic mass is 19.4. The van der Waals surface area contributed by atoms with Crippen LogP contribution in [0.1, 0.15) is 6.42 Å². The first kappa shape index (κ1) is 7.18. The van der Waals surface area contributed by atoms with Crippen molar-refractivity contribution in [2.75, 3.05) is 0 Å². The molecule has 1 aliphatic rings. The zero-order valence-electron chi connectivity index (χ0n) is 5.07. The molecule has 0 fully saturated rings. The second kappa shape index (κ2) is 2.36. The highest BCUT2D eigenvalue weighted by Gasteiger charge is 2.32. The van der Waals surface area contributed by atoms with E-state index in [1.165, 1.54) is 12.3 Å². The average Bonchev–Trinajstić information content (AvgIpc) is 1.88. The number of alkyl halides is 3. The van der Waals surface area contributed by atoms with Crippen LogP contribution in [0.5, 0.6) is 0 Å². The van der Waals surface area contributed by atoms with Crippen LogP contribution >= 0.6 is 0 Å². The van der Waals surface area contributed by atoms with Crippen LogP contribution in [0.2, 0.25) is 0 Å². The Balaban J connectivity index is 2.65. The largest absolute Gasteiger partial charge is 0.414 e. The second-order valence-electron chi connectivity index (χ2n) is 1.94. The van der Waals surface area contributed by atoms with Crippen molar-refractivity contribution in [1.29, 1.82) is 0 Å². The summed E-state index contributed by atoms with van der Waals surface area (Å²) in [4.78, 5) is 0. The summed E-state index contributed by atoms with van der Waals surface area (Å²) in [6.07, 6.45) is -0.327. The van der Waals surface area contributed by atoms with E-state index in [4.69, 9.17) is 0 Å². The molecule has 0 aromatic rings. The number of hydrogen-bond acceptors (Lipinski definition) is 1. The van der Waals surface area contributed by atoms with E-state index in [1.807, 2.05) is 0 Å². The SMILES string of the molecule is FC(F)(F)C1=CNC=CC1. The van der Waals surface area contributed by atoms with E-state index in [0.29, 0.717) is 0 Å². The molecule has 0 amide bonds. The molecule has 1 nitrogen and oxygen atoms in total. The summed E-state index contributed by atoms with van der Waals surface area (Å²) < 4.78 is 35.4. The molecular formula is C6H6F3N. The van der Waals surface area contributed by atoms with Gasteiger partial charge in [-0.05, 0) is 12.6 Å². The summed E-state index contributed by atoms with van der Waals surface area (Å²) in [7, 11) is 0. The molecule has 0 bridgehead atoms. The first-order chi connectivity index (χ1) is 4.61. The Hall–Kier alpha value is -0.930. The molecule has 10 heavy (non-hydrogen) atoms. The molecule has 1 aliphatic heterocycles. The summed E-state index contributed by atoms with van der Waals surface area (Å²) in [5, 5.41) is 2.38. The fraction of sp³-hybridized carbons (Fsp3) is 0.333. The second-order valence-corrected chi connectivity index (χ2v) is 1.94. The molecule has 4 heteroatoms. The molecule has 0 aromatic heterocycles. The van der Waals surface area contributed by atoms with E-state index >= 15 is 0 Å². The van der Waals surface area contributed by atoms with Gasteiger partial charge in [-0.2, -0.15) is 13.2 Å². The van der Waals surface area contributed by atoms with Gasteiger partial charge in [-0.25, -0.2) is 0 Å². The average molecular weight is 149 g/mol. The number of hydrogen-bond donors (Lipinski definition) is 1. The molecule has 1 heterocycles. The standard InChI is InChI=1S/C6H6F3N/c7-6(8,9)5-2-1-3-10-4-5/h1,3-4,10H,2H2. The molecule has 0 saturated heterocycles. The maximum Gasteiger partial charge on any atom is 0.414 e. The van der Waals surface area contributed by atoms with Crippen LogP contribution in [0, 0.1) is 0 Å². The third-order valence-electron chi connectivity index (χ3n) is 1.17. The number of rotatable bonds is 0. The molecule has 1 N–H and O–H groups in total. The molecular weight excluding hydrogens is 143 g/mol. The molecule has 1 rings (SSSR count). The van der Waals surface area contributed by atoms with Crippen LogP contribution < -0.4 is 5.32 Å². The molecule has 56 valence electrons. The van der Waals surface area contributed by atoms with Gasteiger partial charge in [0.05, 0.1) is 5.57 Å². The van der Waals surface area contributed by atoms with E-state index in [2.05, 4.69) is 5.32 Å². The zero-order valence-corrected chi connectivity index (χ0v) is 5.07. The highest BCUT2D eigenvalue weighted by Crippen LogP contribution is 2.28. The molecule has 0 aromatic carbocycles. The minimum atomic E-state index is -4.18. The van der Waals surface area contributed by atoms with E-state index in [9.17, 15) is 13.2 Å². The Morgan fingerprint density at radius 2 is 2.10 bits per heavy atom. The quantitative estimate of drug-likeness (QED) is 0.555. The lowest BCUT2D eigenvalue weighted by molar-refractivity contribution is -0.0934. The summed E-state index contributed by atoms with van der Waals surface area (Å²) in [5.41, 5.74) is -0.532. The molecule has 0 aliphatic carbocycles. The van der Waals surface area contributed by atoms with Crippen molar-refractivity contribution >= 4 is 0 Å². The van der Waals surface area contributed by atoms with Gasteiger partial charge < -0.3 is 5.32 Å². The van der Waals surface area contributed by atoms with Gasteiger partial charge in [-0.1, -0.05) is 6.08 Å². The van der Waals surface area contributed by atoms with Gasteiger partial charge in [0.25, 0.3) is 0 Å². The van der Waals surface area contributed by atoms with Crippen LogP contribution in [0.4, 0.5) is 13.2 Å². The predicted molar refractivity (Wildman–Crippen MR) is 31.0 cm³/mol. The van der Waals surface area contributed by atoms with Crippen molar-refractivity contribution in [2.45, 2.75) is 12.6 Å². The Morgan fingerprint density at radius 1 is 1.40 bits per heavy atom. The molecule has 0 spiro atoms. The lowest BCUT2D eigenvalue weighted by Gasteiger charge is -2.11. The van der Waals surface area contributed by atoms with Gasteiger partial charge in [-0.3, -0.25) is 0 Å². The van der Waals surface area contributed by atoms with E-state index < -0.39 is 11.7 Å². The fourth-order valence-corrected chi connectivity index (χ4v) is 0.659. The maximum atomic E-state index is 11.8. The number of dihydropyridines is 1. The van der Waals surface area contributed by atoms with Crippen molar-refractivity contribution in [1.82, 2.24) is 5.32 Å². The topological polar surface area (TPSA) is 12.0 Å². The minimum Gasteiger partial charge on any atom is -0.368 e. The number of nitrogens with one attached hydrogen (secondary N) is 1. The van der Waals surface area contributed by atoms with E-state index in [1.54, 1.807) is 0 Å². The van der Waals surface area contributed by atoms with Gasteiger partial charge in [0.1, 0.15) is 0 Å². The minimum absolute atomic E-state index is 0.0313. The van der Waals surface area contributed by atoms with Gasteiger partial charge in [0.15, 0.2) is 0 Å². The molecule has 0 atom stereocenters. The maximum absolute atomic E-state index is 11.8. The first-order valence-corrected chi connectivity index (χ1v) is 2.78. The normalized spacial score (nSPS) is 18.1. The van der Waals surface area contributed by atoms with Crippen molar-refractivity contribution in [3.05, 3.63) is 24.0 Å². The van der Waals surface area contributed by atoms with Gasteiger partial charge >= 0.3 is 6.18 Å². The Labute approximate surface area is 56.2 Å². The predicted octanol–water partition coefficient (Wildman–Crippen LogP) is 1.94. The number of halogens is 3. The fourth-order valence-electron chi connectivity index (χ4n) is 0.659. The summed E-state index contributed by atoms with van der Waals surface area (Å²) in [6.45, 7) is 0. The van der Waals surface area contributed by atoms with Crippen molar-refractivity contribution < 1.29 is 13.2 Å². The van der Waals surface area contributed by atoms with Gasteiger partial charge in [-0.15, -0.1) is 0 Å². The van der Waals surface area contributed by atoms with Crippen LogP contribution in [0.3, 0.4) is 0 Å². The lowest BCUT2D eigenvalue weighted by Crippen LogP contribution is -2.16. The molecule has 0 unspecified atom stereocenters. The lowest BCUT2D eigenvalue weighted by atomic mass is 10.2. The zero-order chi connectivity index (χ0) is 7.61. The Morgan fingerprint density at radius 3 is 2.40 bits per heavy atom. The van der Waals surface area contributed by atoms with Crippen LogP contribution in [-0.4, -0.2) is 6.18 Å². The van der Waals surface area contributed by atoms with Crippen molar-refractivity contribution in [3.8, 4) is 0 Å². The van der Waals surface area contributed by atoms with Crippen molar-refractivity contribution in [2.24, 2.45) is 0 Å². The van der Waals surface area contributed by atoms with Gasteiger partial charge in [0.2, 0.25) is 0 Å². The highest BCUT2D eigenvalue weighted by molar-refractivity contribution is 5.16. The van der Waals surface area contributed by atoms with Crippen LogP contribution in [0.15, 0.2) is 24.0 Å². The molecule has 0 saturated carbocycles. The summed E-state index contributed by atoms with van der Waals surface area (Å²) in [6, 6.07) is 0. The Bertz CT molecular complexity index is 178. The third-order valence-corrected chi connectivity index (χ3v) is 1.17. The van der Waals surface area contributed by atoms with Crippen LogP contribution in [-0.2, 0) is 0 Å². The smallest absolute Gasteiger partial charge is 0.368 e. The third kappa shape index (κ3) is 1.52. The monoisotopic (exact) mass is 149 g/mol. The first-order valence-electron chi connectivity index (χ1n) is 2.78. The van der Waals surface area contributed by atoms with Crippen LogP contribution in [0.25, 0.3) is 0 Å². The summed E-state index contributed by atoms with van der Waals surface area (Å²) >= 11 is 0. The van der Waals surface area contributed by atoms with E-state index in [0.717, 1.165) is 6.20 Å². The Kier molecular flexibility index (Phi) is 1.70. The van der Waals surface area contributed by atoms with Gasteiger partial charge in [0, 0.05) is 6.20 Å². The molecule has 0 radical (unpaired) electrons.